The molecule has 0 saturated carbocycles. The highest BCUT2D eigenvalue weighted by atomic mass is 32.1. The third-order valence-corrected chi connectivity index (χ3v) is 3.41. The van der Waals surface area contributed by atoms with E-state index in [0.717, 1.165) is 10.2 Å². The zero-order valence-electron chi connectivity index (χ0n) is 10.3. The van der Waals surface area contributed by atoms with Gasteiger partial charge in [0.1, 0.15) is 6.54 Å². The van der Waals surface area contributed by atoms with Gasteiger partial charge in [-0.2, -0.15) is 0 Å². The number of thiocarbonyl (C=S) groups is 1. The Morgan fingerprint density at radius 2 is 2.26 bits per heavy atom. The summed E-state index contributed by atoms with van der Waals surface area (Å²) in [6.07, 6.45) is 0. The molecule has 100 valence electrons. The maximum absolute atomic E-state index is 11.2. The minimum Gasteiger partial charge on any atom is -0.465 e. The summed E-state index contributed by atoms with van der Waals surface area (Å²) < 4.78 is 5.87. The van der Waals surface area contributed by atoms with Gasteiger partial charge < -0.3 is 15.4 Å². The molecule has 7 heteroatoms. The van der Waals surface area contributed by atoms with Gasteiger partial charge in [0.15, 0.2) is 10.2 Å². The summed E-state index contributed by atoms with van der Waals surface area (Å²) in [5.41, 5.74) is 0.920. The van der Waals surface area contributed by atoms with Gasteiger partial charge in [-0.1, -0.05) is 23.5 Å². The molecule has 2 aromatic rings. The monoisotopic (exact) mass is 295 g/mol. The van der Waals surface area contributed by atoms with Gasteiger partial charge in [-0.05, 0) is 31.3 Å². The molecule has 1 heterocycles. The third-order valence-electron chi connectivity index (χ3n) is 2.21. The number of nitrogens with zero attached hydrogens (tertiary/aromatic N) is 1. The minimum atomic E-state index is -0.337. The van der Waals surface area contributed by atoms with Crippen molar-refractivity contribution in [2.24, 2.45) is 0 Å². The van der Waals surface area contributed by atoms with Crippen LogP contribution in [-0.2, 0) is 9.53 Å². The van der Waals surface area contributed by atoms with E-state index in [2.05, 4.69) is 15.6 Å². The molecule has 0 unspecified atom stereocenters. The first-order valence-electron chi connectivity index (χ1n) is 5.75. The van der Waals surface area contributed by atoms with Crippen LogP contribution in [0.2, 0.25) is 0 Å². The first kappa shape index (κ1) is 13.7. The SMILES string of the molecule is CCOC(=O)CNC(=S)Nc1nc2ccccc2s1. The number of carbonyl (C=O) groups excluding carboxylic acids is 1. The highest BCUT2D eigenvalue weighted by Gasteiger charge is 2.06. The summed E-state index contributed by atoms with van der Waals surface area (Å²) in [6, 6.07) is 7.82. The molecule has 2 N–H and O–H groups in total. The molecular formula is C12H13N3O2S2. The van der Waals surface area contributed by atoms with Gasteiger partial charge >= 0.3 is 5.97 Å². The van der Waals surface area contributed by atoms with Crippen molar-refractivity contribution in [3.8, 4) is 0 Å². The number of aromatic nitrogens is 1. The van der Waals surface area contributed by atoms with Crippen LogP contribution in [0.4, 0.5) is 5.13 Å². The number of hydrogen-bond donors (Lipinski definition) is 2. The Labute approximate surface area is 120 Å². The van der Waals surface area contributed by atoms with Crippen LogP contribution in [-0.4, -0.2) is 29.2 Å². The lowest BCUT2D eigenvalue weighted by Gasteiger charge is -2.07. The van der Waals surface area contributed by atoms with Crippen molar-refractivity contribution in [1.82, 2.24) is 10.3 Å². The number of ether oxygens (including phenoxy) is 1. The topological polar surface area (TPSA) is 63.2 Å². The van der Waals surface area contributed by atoms with E-state index in [1.807, 2.05) is 24.3 Å². The Hall–Kier alpha value is -1.73. The number of benzene rings is 1. The van der Waals surface area contributed by atoms with E-state index in [0.29, 0.717) is 16.9 Å². The summed E-state index contributed by atoms with van der Waals surface area (Å²) in [4.78, 5) is 15.5. The predicted octanol–water partition coefficient (Wildman–Crippen LogP) is 2.15. The molecule has 19 heavy (non-hydrogen) atoms. The summed E-state index contributed by atoms with van der Waals surface area (Å²) in [7, 11) is 0. The van der Waals surface area contributed by atoms with E-state index in [-0.39, 0.29) is 12.5 Å². The minimum absolute atomic E-state index is 0.0462. The summed E-state index contributed by atoms with van der Waals surface area (Å²) in [5, 5.41) is 6.77. The number of rotatable bonds is 4. The standard InChI is InChI=1S/C12H13N3O2S2/c1-2-17-10(16)7-13-11(18)15-12-14-8-5-3-4-6-9(8)19-12/h3-6H,2,7H2,1H3,(H2,13,14,15,18). The molecule has 0 amide bonds. The molecule has 0 bridgehead atoms. The summed E-state index contributed by atoms with van der Waals surface area (Å²) in [6.45, 7) is 2.17. The first-order chi connectivity index (χ1) is 9.19. The molecule has 1 aromatic carbocycles. The molecule has 2 rings (SSSR count). The Morgan fingerprint density at radius 1 is 1.47 bits per heavy atom. The number of anilines is 1. The molecule has 0 aliphatic heterocycles. The predicted molar refractivity (Wildman–Crippen MR) is 80.5 cm³/mol. The fourth-order valence-corrected chi connectivity index (χ4v) is 2.54. The average Bonchev–Trinajstić information content (AvgIpc) is 2.78. The van der Waals surface area contributed by atoms with Gasteiger partial charge in [0.2, 0.25) is 0 Å². The van der Waals surface area contributed by atoms with Gasteiger partial charge in [-0.15, -0.1) is 0 Å². The van der Waals surface area contributed by atoms with Crippen LogP contribution < -0.4 is 10.6 Å². The normalized spacial score (nSPS) is 10.2. The Bertz CT molecular complexity index is 564. The van der Waals surface area contributed by atoms with Gasteiger partial charge in [0.25, 0.3) is 0 Å². The molecule has 0 atom stereocenters. The van der Waals surface area contributed by atoms with Crippen molar-refractivity contribution in [2.45, 2.75) is 6.92 Å². The Balaban J connectivity index is 1.90. The maximum atomic E-state index is 11.2. The number of para-hydroxylation sites is 1. The van der Waals surface area contributed by atoms with E-state index in [4.69, 9.17) is 17.0 Å². The zero-order chi connectivity index (χ0) is 13.7. The van der Waals surface area contributed by atoms with Gasteiger partial charge in [-0.25, -0.2) is 4.98 Å². The number of esters is 1. The molecule has 5 nitrogen and oxygen atoms in total. The van der Waals surface area contributed by atoms with Crippen molar-refractivity contribution in [2.75, 3.05) is 18.5 Å². The quantitative estimate of drug-likeness (QED) is 0.665. The molecule has 0 spiro atoms. The zero-order valence-corrected chi connectivity index (χ0v) is 11.9. The van der Waals surface area contributed by atoms with Crippen LogP contribution in [0.3, 0.4) is 0 Å². The largest absolute Gasteiger partial charge is 0.465 e. The molecule has 0 aliphatic carbocycles. The van der Waals surface area contributed by atoms with Crippen molar-refractivity contribution >= 4 is 50.0 Å². The molecule has 1 aromatic heterocycles. The number of fused-ring (bicyclic) bond motifs is 1. The van der Waals surface area contributed by atoms with Gasteiger partial charge in [0.05, 0.1) is 16.8 Å². The number of hydrogen-bond acceptors (Lipinski definition) is 5. The number of nitrogens with one attached hydrogen (secondary N) is 2. The van der Waals surface area contributed by atoms with Crippen molar-refractivity contribution in [1.29, 1.82) is 0 Å². The van der Waals surface area contributed by atoms with Crippen LogP contribution in [0.15, 0.2) is 24.3 Å². The van der Waals surface area contributed by atoms with Crippen molar-refractivity contribution in [3.05, 3.63) is 24.3 Å². The second-order valence-electron chi connectivity index (χ2n) is 3.60. The summed E-state index contributed by atoms with van der Waals surface area (Å²) in [5.74, 6) is -0.337. The molecule has 0 fully saturated rings. The smallest absolute Gasteiger partial charge is 0.325 e. The van der Waals surface area contributed by atoms with E-state index in [1.165, 1.54) is 11.3 Å². The number of carbonyl (C=O) groups is 1. The highest BCUT2D eigenvalue weighted by Crippen LogP contribution is 2.25. The van der Waals surface area contributed by atoms with Crippen LogP contribution in [0.25, 0.3) is 10.2 Å². The third kappa shape index (κ3) is 3.87. The fourth-order valence-electron chi connectivity index (χ4n) is 1.43. The van der Waals surface area contributed by atoms with Crippen LogP contribution >= 0.6 is 23.6 Å². The highest BCUT2D eigenvalue weighted by molar-refractivity contribution is 7.80. The van der Waals surface area contributed by atoms with E-state index in [1.54, 1.807) is 6.92 Å². The Morgan fingerprint density at radius 3 is 3.00 bits per heavy atom. The van der Waals surface area contributed by atoms with E-state index in [9.17, 15) is 4.79 Å². The lowest BCUT2D eigenvalue weighted by Crippen LogP contribution is -2.33. The van der Waals surface area contributed by atoms with Crippen LogP contribution in [0.1, 0.15) is 6.92 Å². The average molecular weight is 295 g/mol. The Kier molecular flexibility index (Phi) is 4.64. The van der Waals surface area contributed by atoms with E-state index < -0.39 is 0 Å². The van der Waals surface area contributed by atoms with Crippen LogP contribution in [0, 0.1) is 0 Å². The molecule has 0 aliphatic rings. The molecule has 0 radical (unpaired) electrons. The lowest BCUT2D eigenvalue weighted by atomic mass is 10.3. The fraction of sp³-hybridized carbons (Fsp3) is 0.250. The van der Waals surface area contributed by atoms with Gasteiger partial charge in [-0.3, -0.25) is 4.79 Å². The lowest BCUT2D eigenvalue weighted by molar-refractivity contribution is -0.141. The van der Waals surface area contributed by atoms with E-state index >= 15 is 0 Å². The second-order valence-corrected chi connectivity index (χ2v) is 5.04. The molecule has 0 saturated heterocycles. The van der Waals surface area contributed by atoms with Crippen LogP contribution in [0.5, 0.6) is 0 Å². The van der Waals surface area contributed by atoms with Gasteiger partial charge in [0, 0.05) is 0 Å². The van der Waals surface area contributed by atoms with Crippen molar-refractivity contribution < 1.29 is 9.53 Å². The number of thiazole rings is 1. The molecular weight excluding hydrogens is 282 g/mol. The summed E-state index contributed by atoms with van der Waals surface area (Å²) >= 11 is 6.58. The van der Waals surface area contributed by atoms with Crippen molar-refractivity contribution in [3.63, 3.8) is 0 Å². The first-order valence-corrected chi connectivity index (χ1v) is 6.97. The second kappa shape index (κ2) is 6.44. The maximum Gasteiger partial charge on any atom is 0.325 e.